The molecule has 0 fully saturated rings. The topological polar surface area (TPSA) is 119 Å². The number of Topliss-reactive ketones (excluding diaryl/α,β-unsaturated/α-hetero) is 1. The largest absolute Gasteiger partial charge is 0.537 e. The number of hydrogen-bond acceptors (Lipinski definition) is 6. The molecule has 30 heavy (non-hydrogen) atoms. The minimum Gasteiger partial charge on any atom is -0.404 e. The lowest BCUT2D eigenvalue weighted by molar-refractivity contribution is 0.101. The molecule has 8 nitrogen and oxygen atoms in total. The van der Waals surface area contributed by atoms with Gasteiger partial charge < -0.3 is 9.05 Å². The fourth-order valence-electron chi connectivity index (χ4n) is 2.07. The normalized spacial score (nSPS) is 14.2. The Morgan fingerprint density at radius 1 is 0.667 bits per heavy atom. The van der Waals surface area contributed by atoms with E-state index in [1.54, 1.807) is 43.3 Å². The lowest BCUT2D eigenvalue weighted by Crippen LogP contribution is -2.00. The van der Waals surface area contributed by atoms with Crippen LogP contribution in [0.1, 0.15) is 17.3 Å². The fraction of sp³-hybridized carbons (Fsp3) is 0.0500. The van der Waals surface area contributed by atoms with Gasteiger partial charge in [0.1, 0.15) is 11.5 Å². The van der Waals surface area contributed by atoms with Crippen LogP contribution in [0.4, 0.5) is 0 Å². The summed E-state index contributed by atoms with van der Waals surface area (Å²) in [6.45, 7) is 1.56. The van der Waals surface area contributed by atoms with Crippen molar-refractivity contribution in [1.82, 2.24) is 0 Å². The zero-order valence-corrected chi connectivity index (χ0v) is 17.7. The van der Waals surface area contributed by atoms with E-state index >= 15 is 0 Å². The molecule has 3 aromatic carbocycles. The van der Waals surface area contributed by atoms with Crippen LogP contribution in [0.2, 0.25) is 0 Å². The number of rotatable bonds is 7. The third kappa shape index (κ3) is 8.74. The Balaban J connectivity index is 0.000000297. The molecule has 0 radical (unpaired) electrons. The molecule has 158 valence electrons. The molecule has 0 aliphatic heterocycles. The summed E-state index contributed by atoms with van der Waals surface area (Å²) in [5.41, 5.74) is 0.775. The maximum atomic E-state index is 11.7. The van der Waals surface area contributed by atoms with Gasteiger partial charge in [0.15, 0.2) is 5.78 Å². The highest BCUT2D eigenvalue weighted by molar-refractivity contribution is 7.61. The average Bonchev–Trinajstić information content (AvgIpc) is 2.69. The maximum Gasteiger partial charge on any atom is 0.537 e. The number of carbonyl (C=O) groups excluding carboxylic acids is 1. The smallest absolute Gasteiger partial charge is 0.404 e. The van der Waals surface area contributed by atoms with E-state index in [0.29, 0.717) is 0 Å². The predicted octanol–water partition coefficient (Wildman–Crippen LogP) is 5.25. The van der Waals surface area contributed by atoms with Crippen molar-refractivity contribution in [2.45, 2.75) is 6.92 Å². The number of hydrogen-bond donors (Lipinski definition) is 2. The van der Waals surface area contributed by atoms with Crippen LogP contribution in [-0.2, 0) is 13.4 Å². The number of ketones is 1. The van der Waals surface area contributed by atoms with Gasteiger partial charge in [0, 0.05) is 5.56 Å². The SMILES string of the molecule is CC(=O)c1ccccc1.O=P(O)(Oc1ccccc1)OP(=O)(O)Oc1ccccc1. The third-order valence-corrected chi connectivity index (χ3v) is 5.85. The summed E-state index contributed by atoms with van der Waals surface area (Å²) in [7, 11) is -9.62. The van der Waals surface area contributed by atoms with Crippen LogP contribution in [-0.4, -0.2) is 15.6 Å². The van der Waals surface area contributed by atoms with E-state index in [-0.39, 0.29) is 17.3 Å². The molecule has 0 amide bonds. The van der Waals surface area contributed by atoms with Crippen LogP contribution in [0.25, 0.3) is 0 Å². The van der Waals surface area contributed by atoms with E-state index in [1.165, 1.54) is 24.3 Å². The average molecular weight is 450 g/mol. The maximum absolute atomic E-state index is 11.7. The van der Waals surface area contributed by atoms with Crippen molar-refractivity contribution >= 4 is 21.4 Å². The zero-order chi connectivity index (χ0) is 22.0. The molecule has 0 aliphatic rings. The Labute approximate surface area is 173 Å². The Hall–Kier alpha value is -2.73. The van der Waals surface area contributed by atoms with Crippen LogP contribution in [0, 0.1) is 0 Å². The molecule has 10 heteroatoms. The van der Waals surface area contributed by atoms with Crippen molar-refractivity contribution in [2.24, 2.45) is 0 Å². The zero-order valence-electron chi connectivity index (χ0n) is 15.9. The Kier molecular flexibility index (Phi) is 8.54. The molecule has 3 rings (SSSR count). The van der Waals surface area contributed by atoms with E-state index in [2.05, 4.69) is 13.4 Å². The highest BCUT2D eigenvalue weighted by Gasteiger charge is 2.37. The van der Waals surface area contributed by atoms with Crippen LogP contribution in [0.15, 0.2) is 91.0 Å². The summed E-state index contributed by atoms with van der Waals surface area (Å²) in [6.07, 6.45) is 0. The van der Waals surface area contributed by atoms with Crippen molar-refractivity contribution in [1.29, 1.82) is 0 Å². The van der Waals surface area contributed by atoms with Crippen LogP contribution >= 0.6 is 15.6 Å². The molecule has 0 bridgehead atoms. The van der Waals surface area contributed by atoms with Crippen LogP contribution in [0.3, 0.4) is 0 Å². The van der Waals surface area contributed by atoms with Gasteiger partial charge in [-0.15, -0.1) is 0 Å². The monoisotopic (exact) mass is 450 g/mol. The van der Waals surface area contributed by atoms with Gasteiger partial charge in [0.25, 0.3) is 0 Å². The summed E-state index contributed by atoms with van der Waals surface area (Å²) < 4.78 is 36.9. The van der Waals surface area contributed by atoms with Crippen molar-refractivity contribution < 1.29 is 37.1 Å². The van der Waals surface area contributed by atoms with Gasteiger partial charge in [-0.1, -0.05) is 66.7 Å². The summed E-state index contributed by atoms with van der Waals surface area (Å²) in [5.74, 6) is 0.154. The van der Waals surface area contributed by atoms with Gasteiger partial charge in [-0.05, 0) is 31.2 Å². The van der Waals surface area contributed by atoms with Crippen molar-refractivity contribution in [2.75, 3.05) is 0 Å². The highest BCUT2D eigenvalue weighted by atomic mass is 31.3. The van der Waals surface area contributed by atoms with E-state index < -0.39 is 15.6 Å². The van der Waals surface area contributed by atoms with E-state index in [1.807, 2.05) is 30.3 Å². The molecule has 0 spiro atoms. The molecule has 0 saturated carbocycles. The van der Waals surface area contributed by atoms with E-state index in [9.17, 15) is 23.7 Å². The fourth-order valence-corrected chi connectivity index (χ4v) is 4.15. The number of benzene rings is 3. The molecule has 0 aromatic heterocycles. The molecule has 0 saturated heterocycles. The third-order valence-electron chi connectivity index (χ3n) is 3.31. The van der Waals surface area contributed by atoms with Gasteiger partial charge in [0.05, 0.1) is 0 Å². The minimum atomic E-state index is -4.81. The van der Waals surface area contributed by atoms with Gasteiger partial charge >= 0.3 is 15.6 Å². The minimum absolute atomic E-state index is 0.0167. The van der Waals surface area contributed by atoms with E-state index in [4.69, 9.17) is 0 Å². The lowest BCUT2D eigenvalue weighted by atomic mass is 10.2. The number of phosphoric ester groups is 2. The van der Waals surface area contributed by atoms with Crippen molar-refractivity contribution in [3.05, 3.63) is 96.6 Å². The first-order valence-corrected chi connectivity index (χ1v) is 11.6. The molecule has 3 aromatic rings. The molecule has 2 atom stereocenters. The molecule has 2 unspecified atom stereocenters. The van der Waals surface area contributed by atoms with E-state index in [0.717, 1.165) is 5.56 Å². The highest BCUT2D eigenvalue weighted by Crippen LogP contribution is 2.59. The first kappa shape index (κ1) is 23.5. The number of carbonyl (C=O) groups is 1. The second kappa shape index (κ2) is 10.9. The predicted molar refractivity (Wildman–Crippen MR) is 111 cm³/mol. The Morgan fingerprint density at radius 3 is 1.30 bits per heavy atom. The Morgan fingerprint density at radius 2 is 1.00 bits per heavy atom. The molecule has 0 aliphatic carbocycles. The van der Waals surface area contributed by atoms with Gasteiger partial charge in [0.2, 0.25) is 0 Å². The molecular weight excluding hydrogens is 430 g/mol. The van der Waals surface area contributed by atoms with Crippen LogP contribution in [0.5, 0.6) is 11.5 Å². The summed E-state index contributed by atoms with van der Waals surface area (Å²) in [4.78, 5) is 29.6. The van der Waals surface area contributed by atoms with Gasteiger partial charge in [-0.25, -0.2) is 9.13 Å². The van der Waals surface area contributed by atoms with Crippen molar-refractivity contribution in [3.63, 3.8) is 0 Å². The van der Waals surface area contributed by atoms with Crippen molar-refractivity contribution in [3.8, 4) is 11.5 Å². The number of para-hydroxylation sites is 2. The Bertz CT molecular complexity index is 967. The first-order chi connectivity index (χ1) is 14.2. The number of phosphoric acid groups is 2. The van der Waals surface area contributed by atoms with Crippen LogP contribution < -0.4 is 9.05 Å². The quantitative estimate of drug-likeness (QED) is 0.370. The second-order valence-electron chi connectivity index (χ2n) is 5.75. The second-order valence-corrected chi connectivity index (χ2v) is 8.64. The standard InChI is InChI=1S/C12H12O7P2.C8H8O/c13-20(14,17-11-7-3-1-4-8-11)19-21(15,16)18-12-9-5-2-6-10-12;1-7(9)8-5-3-2-4-6-8/h1-10H,(H,13,14)(H,15,16);2-6H,1H3. The molecular formula is C20H20O8P2. The summed E-state index contributed by atoms with van der Waals surface area (Å²) in [6, 6.07) is 24.4. The summed E-state index contributed by atoms with van der Waals surface area (Å²) in [5, 5.41) is 0. The van der Waals surface area contributed by atoms with Gasteiger partial charge in [-0.2, -0.15) is 4.31 Å². The molecule has 2 N–H and O–H groups in total. The molecule has 0 heterocycles. The first-order valence-electron chi connectivity index (χ1n) is 8.59. The van der Waals surface area contributed by atoms with Gasteiger partial charge in [-0.3, -0.25) is 14.6 Å². The summed E-state index contributed by atoms with van der Waals surface area (Å²) >= 11 is 0. The lowest BCUT2D eigenvalue weighted by Gasteiger charge is -2.16.